The Morgan fingerprint density at radius 3 is 2.50 bits per heavy atom. The summed E-state index contributed by atoms with van der Waals surface area (Å²) in [6.45, 7) is 8.05. The SMILES string of the molecule is COc1ccccc1C(C)NC(=O)CC(N)C(C)(C)C. The van der Waals surface area contributed by atoms with Gasteiger partial charge in [0.2, 0.25) is 5.91 Å². The minimum Gasteiger partial charge on any atom is -0.496 e. The molecule has 0 bridgehead atoms. The summed E-state index contributed by atoms with van der Waals surface area (Å²) in [7, 11) is 1.63. The zero-order valence-electron chi connectivity index (χ0n) is 13.1. The van der Waals surface area contributed by atoms with E-state index in [4.69, 9.17) is 10.5 Å². The molecule has 0 saturated heterocycles. The number of benzene rings is 1. The Bertz CT molecular complexity index is 452. The van der Waals surface area contributed by atoms with E-state index < -0.39 is 0 Å². The van der Waals surface area contributed by atoms with Gasteiger partial charge in [-0.2, -0.15) is 0 Å². The normalized spacial score (nSPS) is 14.5. The van der Waals surface area contributed by atoms with Crippen LogP contribution in [0.5, 0.6) is 5.75 Å². The molecule has 0 aliphatic carbocycles. The number of nitrogens with two attached hydrogens (primary N) is 1. The summed E-state index contributed by atoms with van der Waals surface area (Å²) in [4.78, 5) is 12.1. The minimum atomic E-state index is -0.160. The monoisotopic (exact) mass is 278 g/mol. The van der Waals surface area contributed by atoms with Crippen molar-refractivity contribution in [3.8, 4) is 5.75 Å². The Morgan fingerprint density at radius 2 is 1.95 bits per heavy atom. The van der Waals surface area contributed by atoms with Crippen molar-refractivity contribution in [2.45, 2.75) is 46.2 Å². The van der Waals surface area contributed by atoms with E-state index in [9.17, 15) is 4.79 Å². The lowest BCUT2D eigenvalue weighted by Crippen LogP contribution is -2.40. The molecule has 0 saturated carbocycles. The van der Waals surface area contributed by atoms with Crippen LogP contribution in [0.15, 0.2) is 24.3 Å². The minimum absolute atomic E-state index is 0.0363. The number of hydrogen-bond donors (Lipinski definition) is 2. The predicted octanol–water partition coefficient (Wildman–Crippen LogP) is 2.64. The second kappa shape index (κ2) is 6.75. The van der Waals surface area contributed by atoms with Gasteiger partial charge in [0.25, 0.3) is 0 Å². The number of carbonyl (C=O) groups is 1. The predicted molar refractivity (Wildman–Crippen MR) is 81.6 cm³/mol. The van der Waals surface area contributed by atoms with Gasteiger partial charge in [-0.25, -0.2) is 0 Å². The van der Waals surface area contributed by atoms with Crippen LogP contribution in [-0.4, -0.2) is 19.1 Å². The maximum absolute atomic E-state index is 12.1. The Kier molecular flexibility index (Phi) is 5.57. The van der Waals surface area contributed by atoms with Crippen LogP contribution in [0.3, 0.4) is 0 Å². The molecular weight excluding hydrogens is 252 g/mol. The van der Waals surface area contributed by atoms with E-state index in [-0.39, 0.29) is 23.4 Å². The maximum Gasteiger partial charge on any atom is 0.222 e. The molecule has 0 heterocycles. The van der Waals surface area contributed by atoms with Crippen molar-refractivity contribution in [2.75, 3.05) is 7.11 Å². The topological polar surface area (TPSA) is 64.3 Å². The number of rotatable bonds is 5. The Labute approximate surface area is 121 Å². The molecule has 0 aliphatic heterocycles. The van der Waals surface area contributed by atoms with Gasteiger partial charge in [-0.1, -0.05) is 39.0 Å². The molecular formula is C16H26N2O2. The number of nitrogens with one attached hydrogen (secondary N) is 1. The van der Waals surface area contributed by atoms with Crippen LogP contribution < -0.4 is 15.8 Å². The van der Waals surface area contributed by atoms with Gasteiger partial charge in [0.1, 0.15) is 5.75 Å². The number of hydrogen-bond acceptors (Lipinski definition) is 3. The smallest absolute Gasteiger partial charge is 0.222 e. The van der Waals surface area contributed by atoms with Gasteiger partial charge in [-0.05, 0) is 18.4 Å². The average Bonchev–Trinajstić information content (AvgIpc) is 2.37. The Morgan fingerprint density at radius 1 is 1.35 bits per heavy atom. The van der Waals surface area contributed by atoms with Crippen molar-refractivity contribution in [3.63, 3.8) is 0 Å². The molecule has 1 rings (SSSR count). The lowest BCUT2D eigenvalue weighted by Gasteiger charge is -2.27. The molecule has 0 spiro atoms. The van der Waals surface area contributed by atoms with Crippen LogP contribution in [0, 0.1) is 5.41 Å². The van der Waals surface area contributed by atoms with Crippen molar-refractivity contribution in [1.82, 2.24) is 5.32 Å². The number of para-hydroxylation sites is 1. The van der Waals surface area contributed by atoms with Crippen LogP contribution >= 0.6 is 0 Å². The summed E-state index contributed by atoms with van der Waals surface area (Å²) >= 11 is 0. The van der Waals surface area contributed by atoms with E-state index >= 15 is 0 Å². The molecule has 1 amide bonds. The largest absolute Gasteiger partial charge is 0.496 e. The van der Waals surface area contributed by atoms with Gasteiger partial charge in [0.05, 0.1) is 13.2 Å². The summed E-state index contributed by atoms with van der Waals surface area (Å²) in [6, 6.07) is 7.42. The van der Waals surface area contributed by atoms with Crippen LogP contribution in [0.25, 0.3) is 0 Å². The second-order valence-electron chi connectivity index (χ2n) is 6.21. The highest BCUT2D eigenvalue weighted by atomic mass is 16.5. The van der Waals surface area contributed by atoms with E-state index in [1.165, 1.54) is 0 Å². The lowest BCUT2D eigenvalue weighted by molar-refractivity contribution is -0.122. The zero-order chi connectivity index (χ0) is 15.3. The van der Waals surface area contributed by atoms with Crippen molar-refractivity contribution in [3.05, 3.63) is 29.8 Å². The molecule has 4 heteroatoms. The van der Waals surface area contributed by atoms with Crippen molar-refractivity contribution in [1.29, 1.82) is 0 Å². The van der Waals surface area contributed by atoms with Gasteiger partial charge in [-0.3, -0.25) is 4.79 Å². The van der Waals surface area contributed by atoms with Gasteiger partial charge in [0, 0.05) is 18.0 Å². The first-order chi connectivity index (χ1) is 9.25. The molecule has 1 aromatic carbocycles. The van der Waals surface area contributed by atoms with E-state index in [1.54, 1.807) is 7.11 Å². The van der Waals surface area contributed by atoms with Crippen molar-refractivity contribution in [2.24, 2.45) is 11.1 Å². The molecule has 1 aromatic rings. The quantitative estimate of drug-likeness (QED) is 0.870. The zero-order valence-corrected chi connectivity index (χ0v) is 13.1. The van der Waals surface area contributed by atoms with Crippen molar-refractivity contribution >= 4 is 5.91 Å². The molecule has 2 unspecified atom stereocenters. The number of carbonyl (C=O) groups excluding carboxylic acids is 1. The Hall–Kier alpha value is -1.55. The average molecular weight is 278 g/mol. The standard InChI is InChI=1S/C16H26N2O2/c1-11(12-8-6-7-9-13(12)20-5)18-15(19)10-14(17)16(2,3)4/h6-9,11,14H,10,17H2,1-5H3,(H,18,19). The highest BCUT2D eigenvalue weighted by molar-refractivity contribution is 5.77. The third-order valence-corrected chi connectivity index (χ3v) is 3.50. The molecule has 0 aromatic heterocycles. The fourth-order valence-corrected chi connectivity index (χ4v) is 1.91. The summed E-state index contributed by atoms with van der Waals surface area (Å²) < 4.78 is 5.31. The van der Waals surface area contributed by atoms with Crippen LogP contribution in [0.4, 0.5) is 0 Å². The number of amides is 1. The van der Waals surface area contributed by atoms with E-state index in [1.807, 2.05) is 52.0 Å². The molecule has 0 radical (unpaired) electrons. The van der Waals surface area contributed by atoms with Crippen LogP contribution in [0.1, 0.15) is 45.7 Å². The van der Waals surface area contributed by atoms with E-state index in [0.717, 1.165) is 11.3 Å². The molecule has 0 aliphatic rings. The third-order valence-electron chi connectivity index (χ3n) is 3.50. The Balaban J connectivity index is 2.66. The summed E-state index contributed by atoms with van der Waals surface area (Å²) in [5.41, 5.74) is 6.92. The molecule has 2 atom stereocenters. The molecule has 20 heavy (non-hydrogen) atoms. The molecule has 3 N–H and O–H groups in total. The third kappa shape index (κ3) is 4.53. The maximum atomic E-state index is 12.1. The first kappa shape index (κ1) is 16.5. The number of methoxy groups -OCH3 is 1. The molecule has 112 valence electrons. The highest BCUT2D eigenvalue weighted by Crippen LogP contribution is 2.25. The number of ether oxygens (including phenoxy) is 1. The first-order valence-corrected chi connectivity index (χ1v) is 6.93. The van der Waals surface area contributed by atoms with Crippen LogP contribution in [-0.2, 0) is 4.79 Å². The van der Waals surface area contributed by atoms with Crippen LogP contribution in [0.2, 0.25) is 0 Å². The second-order valence-corrected chi connectivity index (χ2v) is 6.21. The van der Waals surface area contributed by atoms with E-state index in [2.05, 4.69) is 5.32 Å². The van der Waals surface area contributed by atoms with Gasteiger partial charge >= 0.3 is 0 Å². The van der Waals surface area contributed by atoms with Crippen molar-refractivity contribution < 1.29 is 9.53 Å². The molecule has 0 fully saturated rings. The van der Waals surface area contributed by atoms with Gasteiger partial charge in [-0.15, -0.1) is 0 Å². The van der Waals surface area contributed by atoms with E-state index in [0.29, 0.717) is 6.42 Å². The highest BCUT2D eigenvalue weighted by Gasteiger charge is 2.24. The summed E-state index contributed by atoms with van der Waals surface area (Å²) in [5, 5.41) is 2.97. The first-order valence-electron chi connectivity index (χ1n) is 6.93. The van der Waals surface area contributed by atoms with Gasteiger partial charge in [0.15, 0.2) is 0 Å². The van der Waals surface area contributed by atoms with Gasteiger partial charge < -0.3 is 15.8 Å². The summed E-state index contributed by atoms with van der Waals surface area (Å²) in [5.74, 6) is 0.742. The summed E-state index contributed by atoms with van der Waals surface area (Å²) in [6.07, 6.45) is 0.322. The lowest BCUT2D eigenvalue weighted by atomic mass is 9.85. The fourth-order valence-electron chi connectivity index (χ4n) is 1.91. The molecule has 4 nitrogen and oxygen atoms in total. The fraction of sp³-hybridized carbons (Fsp3) is 0.562.